The average Bonchev–Trinajstić information content (AvgIpc) is 2.05. The zero-order valence-electron chi connectivity index (χ0n) is 6.42. The molecule has 1 aliphatic carbocycles. The number of aliphatic carboxylic acids is 1. The summed E-state index contributed by atoms with van der Waals surface area (Å²) in [5, 5.41) is 8.60. The van der Waals surface area contributed by atoms with Gasteiger partial charge in [-0.05, 0) is 25.2 Å². The SMILES string of the molecule is C=CC1CC=C(C(=O)O)CC1. The van der Waals surface area contributed by atoms with Crippen LogP contribution in [-0.4, -0.2) is 11.1 Å². The van der Waals surface area contributed by atoms with Gasteiger partial charge < -0.3 is 5.11 Å². The lowest BCUT2D eigenvalue weighted by atomic mass is 9.90. The van der Waals surface area contributed by atoms with Crippen molar-refractivity contribution in [2.24, 2.45) is 5.92 Å². The zero-order chi connectivity index (χ0) is 8.27. The Morgan fingerprint density at radius 3 is 2.91 bits per heavy atom. The molecule has 0 aromatic heterocycles. The molecule has 1 unspecified atom stereocenters. The maximum Gasteiger partial charge on any atom is 0.331 e. The highest BCUT2D eigenvalue weighted by Gasteiger charge is 2.15. The Morgan fingerprint density at radius 2 is 2.55 bits per heavy atom. The van der Waals surface area contributed by atoms with Crippen molar-refractivity contribution in [3.05, 3.63) is 24.3 Å². The minimum atomic E-state index is -0.771. The van der Waals surface area contributed by atoms with E-state index in [0.717, 1.165) is 12.8 Å². The van der Waals surface area contributed by atoms with E-state index >= 15 is 0 Å². The molecule has 0 spiro atoms. The van der Waals surface area contributed by atoms with Crippen molar-refractivity contribution in [2.45, 2.75) is 19.3 Å². The number of carboxylic acids is 1. The first-order valence-electron chi connectivity index (χ1n) is 3.79. The molecule has 0 saturated carbocycles. The van der Waals surface area contributed by atoms with Crippen LogP contribution in [0.5, 0.6) is 0 Å². The Balaban J connectivity index is 2.57. The van der Waals surface area contributed by atoms with Crippen LogP contribution in [-0.2, 0) is 4.79 Å². The van der Waals surface area contributed by atoms with Gasteiger partial charge in [-0.1, -0.05) is 12.2 Å². The number of carboxylic acid groups (broad SMARTS) is 1. The number of carbonyl (C=O) groups is 1. The highest BCUT2D eigenvalue weighted by atomic mass is 16.4. The second kappa shape index (κ2) is 3.37. The topological polar surface area (TPSA) is 37.3 Å². The van der Waals surface area contributed by atoms with Crippen LogP contribution in [0.15, 0.2) is 24.3 Å². The van der Waals surface area contributed by atoms with Crippen molar-refractivity contribution >= 4 is 5.97 Å². The molecule has 0 saturated heterocycles. The second-order valence-corrected chi connectivity index (χ2v) is 2.80. The fourth-order valence-electron chi connectivity index (χ4n) is 1.26. The van der Waals surface area contributed by atoms with Crippen molar-refractivity contribution in [2.75, 3.05) is 0 Å². The van der Waals surface area contributed by atoms with E-state index in [4.69, 9.17) is 5.11 Å². The molecule has 0 heterocycles. The first-order chi connectivity index (χ1) is 5.24. The summed E-state index contributed by atoms with van der Waals surface area (Å²) in [5.74, 6) is -0.286. The Morgan fingerprint density at radius 1 is 1.82 bits per heavy atom. The number of allylic oxidation sites excluding steroid dienone is 2. The maximum atomic E-state index is 10.5. The van der Waals surface area contributed by atoms with Gasteiger partial charge >= 0.3 is 5.97 Å². The van der Waals surface area contributed by atoms with E-state index in [0.29, 0.717) is 17.9 Å². The van der Waals surface area contributed by atoms with Gasteiger partial charge in [-0.15, -0.1) is 6.58 Å². The minimum Gasteiger partial charge on any atom is -0.478 e. The fourth-order valence-corrected chi connectivity index (χ4v) is 1.26. The van der Waals surface area contributed by atoms with Gasteiger partial charge in [-0.25, -0.2) is 4.79 Å². The van der Waals surface area contributed by atoms with Gasteiger partial charge in [0.05, 0.1) is 0 Å². The van der Waals surface area contributed by atoms with Crippen molar-refractivity contribution in [3.8, 4) is 0 Å². The first kappa shape index (κ1) is 8.05. The predicted octanol–water partition coefficient (Wildman–Crippen LogP) is 1.98. The van der Waals surface area contributed by atoms with Gasteiger partial charge in [0.1, 0.15) is 0 Å². The lowest BCUT2D eigenvalue weighted by molar-refractivity contribution is -0.132. The summed E-state index contributed by atoms with van der Waals surface area (Å²) >= 11 is 0. The molecule has 0 amide bonds. The summed E-state index contributed by atoms with van der Waals surface area (Å²) in [6.07, 6.45) is 6.16. The molecule has 1 atom stereocenters. The summed E-state index contributed by atoms with van der Waals surface area (Å²) < 4.78 is 0. The summed E-state index contributed by atoms with van der Waals surface area (Å²) in [7, 11) is 0. The van der Waals surface area contributed by atoms with Crippen LogP contribution >= 0.6 is 0 Å². The van der Waals surface area contributed by atoms with E-state index in [2.05, 4.69) is 6.58 Å². The summed E-state index contributed by atoms with van der Waals surface area (Å²) in [5.41, 5.74) is 0.558. The molecule has 2 nitrogen and oxygen atoms in total. The largest absolute Gasteiger partial charge is 0.478 e. The molecule has 0 radical (unpaired) electrons. The molecule has 2 heteroatoms. The molecule has 0 bridgehead atoms. The van der Waals surface area contributed by atoms with Gasteiger partial charge in [0.2, 0.25) is 0 Å². The number of hydrogen-bond acceptors (Lipinski definition) is 1. The Labute approximate surface area is 66.2 Å². The smallest absolute Gasteiger partial charge is 0.331 e. The molecular formula is C9H12O2. The Hall–Kier alpha value is -1.05. The van der Waals surface area contributed by atoms with Crippen molar-refractivity contribution in [1.82, 2.24) is 0 Å². The summed E-state index contributed by atoms with van der Waals surface area (Å²) in [6.45, 7) is 3.68. The van der Waals surface area contributed by atoms with E-state index in [9.17, 15) is 4.79 Å². The monoisotopic (exact) mass is 152 g/mol. The van der Waals surface area contributed by atoms with E-state index in [1.165, 1.54) is 0 Å². The molecule has 0 aromatic rings. The molecule has 0 aliphatic heterocycles. The van der Waals surface area contributed by atoms with E-state index in [1.807, 2.05) is 6.08 Å². The van der Waals surface area contributed by atoms with E-state index < -0.39 is 5.97 Å². The van der Waals surface area contributed by atoms with Crippen LogP contribution in [0.25, 0.3) is 0 Å². The summed E-state index contributed by atoms with van der Waals surface area (Å²) in [4.78, 5) is 10.5. The fraction of sp³-hybridized carbons (Fsp3) is 0.444. The first-order valence-corrected chi connectivity index (χ1v) is 3.79. The van der Waals surface area contributed by atoms with Crippen LogP contribution in [0.3, 0.4) is 0 Å². The van der Waals surface area contributed by atoms with Crippen molar-refractivity contribution < 1.29 is 9.90 Å². The highest BCUT2D eigenvalue weighted by Crippen LogP contribution is 2.23. The normalized spacial score (nSPS) is 24.0. The average molecular weight is 152 g/mol. The predicted molar refractivity (Wildman–Crippen MR) is 43.3 cm³/mol. The number of hydrogen-bond donors (Lipinski definition) is 1. The van der Waals surface area contributed by atoms with Crippen LogP contribution in [0.2, 0.25) is 0 Å². The van der Waals surface area contributed by atoms with Crippen LogP contribution in [0.1, 0.15) is 19.3 Å². The third-order valence-corrected chi connectivity index (χ3v) is 2.06. The third-order valence-electron chi connectivity index (χ3n) is 2.06. The number of rotatable bonds is 2. The van der Waals surface area contributed by atoms with Gasteiger partial charge in [0.25, 0.3) is 0 Å². The maximum absolute atomic E-state index is 10.5. The van der Waals surface area contributed by atoms with E-state index in [-0.39, 0.29) is 0 Å². The van der Waals surface area contributed by atoms with Crippen LogP contribution < -0.4 is 0 Å². The quantitative estimate of drug-likeness (QED) is 0.614. The second-order valence-electron chi connectivity index (χ2n) is 2.80. The molecule has 1 rings (SSSR count). The molecule has 0 aromatic carbocycles. The lowest BCUT2D eigenvalue weighted by Crippen LogP contribution is -2.08. The molecule has 1 aliphatic rings. The van der Waals surface area contributed by atoms with E-state index in [1.54, 1.807) is 6.08 Å². The van der Waals surface area contributed by atoms with Crippen LogP contribution in [0, 0.1) is 5.92 Å². The van der Waals surface area contributed by atoms with Crippen molar-refractivity contribution in [3.63, 3.8) is 0 Å². The Kier molecular flexibility index (Phi) is 2.47. The molecular weight excluding hydrogens is 140 g/mol. The molecule has 0 fully saturated rings. The van der Waals surface area contributed by atoms with Crippen LogP contribution in [0.4, 0.5) is 0 Å². The van der Waals surface area contributed by atoms with Gasteiger partial charge in [0, 0.05) is 5.57 Å². The third kappa shape index (κ3) is 1.93. The van der Waals surface area contributed by atoms with Gasteiger partial charge in [-0.3, -0.25) is 0 Å². The summed E-state index contributed by atoms with van der Waals surface area (Å²) in [6, 6.07) is 0. The zero-order valence-corrected chi connectivity index (χ0v) is 6.42. The Bertz CT molecular complexity index is 204. The van der Waals surface area contributed by atoms with Crippen molar-refractivity contribution in [1.29, 1.82) is 0 Å². The standard InChI is InChI=1S/C9H12O2/c1-2-7-3-5-8(6-4-7)9(10)11/h2,5,7H,1,3-4,6H2,(H,10,11). The molecule has 60 valence electrons. The lowest BCUT2D eigenvalue weighted by Gasteiger charge is -2.15. The van der Waals surface area contributed by atoms with Gasteiger partial charge in [-0.2, -0.15) is 0 Å². The van der Waals surface area contributed by atoms with Gasteiger partial charge in [0.15, 0.2) is 0 Å². The minimum absolute atomic E-state index is 0.484. The molecule has 1 N–H and O–H groups in total. The molecule has 11 heavy (non-hydrogen) atoms. The highest BCUT2D eigenvalue weighted by molar-refractivity contribution is 5.86.